The number of aliphatic hydroxyl groups is 1. The van der Waals surface area contributed by atoms with Crippen molar-refractivity contribution >= 4 is 22.9 Å². The normalized spacial score (nSPS) is 21.8. The van der Waals surface area contributed by atoms with Crippen molar-refractivity contribution < 1.29 is 23.4 Å². The summed E-state index contributed by atoms with van der Waals surface area (Å²) in [4.78, 5) is 21.0. The van der Waals surface area contributed by atoms with Crippen LogP contribution in [-0.4, -0.2) is 32.7 Å². The molecule has 1 saturated heterocycles. The summed E-state index contributed by atoms with van der Waals surface area (Å²) >= 11 is 0.985. The van der Waals surface area contributed by atoms with Crippen LogP contribution in [0.1, 0.15) is 47.8 Å². The first-order valence-electron chi connectivity index (χ1n) is 9.95. The van der Waals surface area contributed by atoms with Gasteiger partial charge in [0.05, 0.1) is 35.3 Å². The third-order valence-corrected chi connectivity index (χ3v) is 6.52. The summed E-state index contributed by atoms with van der Waals surface area (Å²) in [5.74, 6) is -2.00. The number of benzene rings is 1. The summed E-state index contributed by atoms with van der Waals surface area (Å²) in [5, 5.41) is 14.6. The van der Waals surface area contributed by atoms with Crippen molar-refractivity contribution in [1.82, 2.24) is 9.97 Å². The lowest BCUT2D eigenvalue weighted by molar-refractivity contribution is -0.113. The number of ether oxygens (including phenoxy) is 1. The predicted octanol–water partition coefficient (Wildman–Crippen LogP) is 4.48. The van der Waals surface area contributed by atoms with Gasteiger partial charge in [-0.2, -0.15) is 0 Å². The Morgan fingerprint density at radius 1 is 1.26 bits per heavy atom. The summed E-state index contributed by atoms with van der Waals surface area (Å²) < 4.78 is 34.3. The topological polar surface area (TPSA) is 84.3 Å². The van der Waals surface area contributed by atoms with E-state index in [1.807, 2.05) is 0 Å². The standard InChI is InChI=1S/C22H19F2N3O3S/c23-14-2-1-3-15(24)19(14)21-27-17(11-31-21)20(29)26-16-10-25-7-4-13(16)18-8-12(28)9-22(30-18)5-6-22/h1-4,7,10-12,18,28H,5-6,8-9H2,(H,26,29)/t12-,18-/m0/s1. The van der Waals surface area contributed by atoms with E-state index in [9.17, 15) is 18.7 Å². The Morgan fingerprint density at radius 2 is 2.03 bits per heavy atom. The quantitative estimate of drug-likeness (QED) is 0.621. The number of pyridine rings is 1. The second-order valence-corrected chi connectivity index (χ2v) is 8.79. The lowest BCUT2D eigenvalue weighted by atomic mass is 9.94. The predicted molar refractivity (Wildman–Crippen MR) is 111 cm³/mol. The molecule has 5 rings (SSSR count). The molecular weight excluding hydrogens is 424 g/mol. The maximum absolute atomic E-state index is 14.0. The maximum Gasteiger partial charge on any atom is 0.275 e. The van der Waals surface area contributed by atoms with Crippen LogP contribution in [0.15, 0.2) is 42.0 Å². The minimum Gasteiger partial charge on any atom is -0.393 e. The van der Waals surface area contributed by atoms with Gasteiger partial charge in [-0.05, 0) is 31.0 Å². The summed E-state index contributed by atoms with van der Waals surface area (Å²) in [5.41, 5.74) is 0.701. The van der Waals surface area contributed by atoms with Crippen molar-refractivity contribution in [3.63, 3.8) is 0 Å². The molecular formula is C22H19F2N3O3S. The summed E-state index contributed by atoms with van der Waals surface area (Å²) in [6, 6.07) is 5.32. The van der Waals surface area contributed by atoms with Crippen molar-refractivity contribution in [1.29, 1.82) is 0 Å². The Morgan fingerprint density at radius 3 is 2.77 bits per heavy atom. The molecule has 9 heteroatoms. The molecule has 31 heavy (non-hydrogen) atoms. The van der Waals surface area contributed by atoms with Crippen LogP contribution < -0.4 is 5.32 Å². The van der Waals surface area contributed by atoms with E-state index in [0.717, 1.165) is 41.9 Å². The third-order valence-electron chi connectivity index (χ3n) is 5.66. The first-order valence-corrected chi connectivity index (χ1v) is 10.8. The second-order valence-electron chi connectivity index (χ2n) is 7.93. The van der Waals surface area contributed by atoms with Gasteiger partial charge < -0.3 is 15.2 Å². The number of amides is 1. The van der Waals surface area contributed by atoms with Crippen LogP contribution in [0.5, 0.6) is 0 Å². The van der Waals surface area contributed by atoms with Gasteiger partial charge in [-0.1, -0.05) is 6.07 Å². The van der Waals surface area contributed by atoms with Crippen LogP contribution >= 0.6 is 11.3 Å². The summed E-state index contributed by atoms with van der Waals surface area (Å²) in [6.07, 6.45) is 5.20. The molecule has 3 heterocycles. The minimum absolute atomic E-state index is 0.0423. The molecule has 1 aliphatic carbocycles. The van der Waals surface area contributed by atoms with Crippen LogP contribution in [0.3, 0.4) is 0 Å². The fourth-order valence-electron chi connectivity index (χ4n) is 3.98. The van der Waals surface area contributed by atoms with Gasteiger partial charge in [0.2, 0.25) is 0 Å². The molecule has 3 aromatic rings. The van der Waals surface area contributed by atoms with Crippen LogP contribution in [0, 0.1) is 11.6 Å². The first kappa shape index (κ1) is 20.2. The lowest BCUT2D eigenvalue weighted by Gasteiger charge is -2.34. The van der Waals surface area contributed by atoms with Gasteiger partial charge in [0.15, 0.2) is 0 Å². The van der Waals surface area contributed by atoms with E-state index in [4.69, 9.17) is 4.74 Å². The lowest BCUT2D eigenvalue weighted by Crippen LogP contribution is -2.33. The molecule has 1 aromatic carbocycles. The number of hydrogen-bond acceptors (Lipinski definition) is 6. The van der Waals surface area contributed by atoms with E-state index in [0.29, 0.717) is 18.5 Å². The summed E-state index contributed by atoms with van der Waals surface area (Å²) in [6.45, 7) is 0. The van der Waals surface area contributed by atoms with Gasteiger partial charge in [-0.3, -0.25) is 9.78 Å². The van der Waals surface area contributed by atoms with Gasteiger partial charge in [-0.25, -0.2) is 13.8 Å². The number of thiazole rings is 1. The van der Waals surface area contributed by atoms with E-state index in [2.05, 4.69) is 15.3 Å². The number of rotatable bonds is 4. The number of anilines is 1. The molecule has 0 radical (unpaired) electrons. The van der Waals surface area contributed by atoms with Gasteiger partial charge in [0, 0.05) is 30.0 Å². The van der Waals surface area contributed by atoms with Crippen molar-refractivity contribution in [3.8, 4) is 10.6 Å². The first-order chi connectivity index (χ1) is 14.9. The molecule has 0 bridgehead atoms. The molecule has 6 nitrogen and oxygen atoms in total. The van der Waals surface area contributed by atoms with Gasteiger partial charge in [0.1, 0.15) is 22.3 Å². The molecule has 2 aromatic heterocycles. The van der Waals surface area contributed by atoms with Gasteiger partial charge in [-0.15, -0.1) is 11.3 Å². The van der Waals surface area contributed by atoms with Gasteiger partial charge >= 0.3 is 0 Å². The molecule has 160 valence electrons. The number of carbonyl (C=O) groups is 1. The maximum atomic E-state index is 14.0. The SMILES string of the molecule is O=C(Nc1cnccc1[C@@H]1C[C@H](O)CC2(CC2)O1)c1csc(-c2c(F)cccc2F)n1. The van der Waals surface area contributed by atoms with E-state index in [1.165, 1.54) is 17.6 Å². The molecule has 0 unspecified atom stereocenters. The Hall–Kier alpha value is -2.75. The largest absolute Gasteiger partial charge is 0.393 e. The van der Waals surface area contributed by atoms with Crippen molar-refractivity contribution in [3.05, 3.63) is 64.9 Å². The number of nitrogens with zero attached hydrogens (tertiary/aromatic N) is 2. The highest BCUT2D eigenvalue weighted by Gasteiger charge is 2.50. The smallest absolute Gasteiger partial charge is 0.275 e. The molecule has 1 amide bonds. The summed E-state index contributed by atoms with van der Waals surface area (Å²) in [7, 11) is 0. The van der Waals surface area contributed by atoms with Crippen LogP contribution in [0.25, 0.3) is 10.6 Å². The average molecular weight is 443 g/mol. The number of aromatic nitrogens is 2. The van der Waals surface area contributed by atoms with Gasteiger partial charge in [0.25, 0.3) is 5.91 Å². The molecule has 1 saturated carbocycles. The number of carbonyl (C=O) groups excluding carboxylic acids is 1. The monoisotopic (exact) mass is 443 g/mol. The Balaban J connectivity index is 1.38. The molecule has 1 spiro atoms. The zero-order valence-electron chi connectivity index (χ0n) is 16.3. The van der Waals surface area contributed by atoms with Crippen molar-refractivity contribution in [2.45, 2.75) is 43.5 Å². The highest BCUT2D eigenvalue weighted by atomic mass is 32.1. The number of aliphatic hydroxyl groups excluding tert-OH is 1. The number of halogens is 2. The zero-order valence-corrected chi connectivity index (χ0v) is 17.2. The average Bonchev–Trinajstić information content (AvgIpc) is 3.28. The molecule has 1 aliphatic heterocycles. The van der Waals surface area contributed by atoms with Crippen LogP contribution in [-0.2, 0) is 4.74 Å². The zero-order chi connectivity index (χ0) is 21.6. The number of hydrogen-bond donors (Lipinski definition) is 2. The van der Waals surface area contributed by atoms with Crippen molar-refractivity contribution in [2.75, 3.05) is 5.32 Å². The minimum atomic E-state index is -0.738. The Labute approximate surface area is 180 Å². The van der Waals surface area contributed by atoms with E-state index in [-0.39, 0.29) is 28.0 Å². The van der Waals surface area contributed by atoms with Crippen LogP contribution in [0.4, 0.5) is 14.5 Å². The molecule has 2 aliphatic rings. The fraction of sp³-hybridized carbons (Fsp3) is 0.318. The van der Waals surface area contributed by atoms with E-state index in [1.54, 1.807) is 12.3 Å². The Bertz CT molecular complexity index is 1130. The molecule has 2 atom stereocenters. The van der Waals surface area contributed by atoms with E-state index >= 15 is 0 Å². The molecule has 2 N–H and O–H groups in total. The second kappa shape index (κ2) is 7.74. The van der Waals surface area contributed by atoms with E-state index < -0.39 is 23.6 Å². The Kier molecular flexibility index (Phi) is 5.04. The highest BCUT2D eigenvalue weighted by Crippen LogP contribution is 2.52. The highest BCUT2D eigenvalue weighted by molar-refractivity contribution is 7.13. The van der Waals surface area contributed by atoms with Crippen LogP contribution in [0.2, 0.25) is 0 Å². The third kappa shape index (κ3) is 3.96. The number of nitrogens with one attached hydrogen (secondary N) is 1. The van der Waals surface area contributed by atoms with Crippen molar-refractivity contribution in [2.24, 2.45) is 0 Å². The fourth-order valence-corrected chi connectivity index (χ4v) is 4.83. The molecule has 2 fully saturated rings.